The van der Waals surface area contributed by atoms with Crippen LogP contribution < -0.4 is 5.73 Å². The molecular formula is C11H19N3. The normalized spacial score (nSPS) is 20.6. The van der Waals surface area contributed by atoms with Crippen molar-refractivity contribution in [3.8, 4) is 0 Å². The first-order chi connectivity index (χ1) is 6.63. The van der Waals surface area contributed by atoms with Gasteiger partial charge in [0.2, 0.25) is 0 Å². The van der Waals surface area contributed by atoms with Crippen LogP contribution in [0.25, 0.3) is 0 Å². The van der Waals surface area contributed by atoms with Gasteiger partial charge in [0, 0.05) is 6.04 Å². The van der Waals surface area contributed by atoms with Crippen LogP contribution >= 0.6 is 0 Å². The molecule has 0 amide bonds. The minimum absolute atomic E-state index is 0.110. The van der Waals surface area contributed by atoms with Crippen molar-refractivity contribution in [3.05, 3.63) is 18.2 Å². The molecule has 0 radical (unpaired) electrons. The molecule has 1 heterocycles. The summed E-state index contributed by atoms with van der Waals surface area (Å²) in [6.45, 7) is 4.34. The fourth-order valence-electron chi connectivity index (χ4n) is 2.36. The van der Waals surface area contributed by atoms with Gasteiger partial charge >= 0.3 is 0 Å². The van der Waals surface area contributed by atoms with Crippen LogP contribution in [0.4, 0.5) is 0 Å². The fourth-order valence-corrected chi connectivity index (χ4v) is 2.36. The predicted octanol–water partition coefficient (Wildman–Crippen LogP) is 2.19. The molecule has 3 nitrogen and oxygen atoms in total. The summed E-state index contributed by atoms with van der Waals surface area (Å²) in [7, 11) is 0. The predicted molar refractivity (Wildman–Crippen MR) is 56.9 cm³/mol. The van der Waals surface area contributed by atoms with Crippen LogP contribution in [0.5, 0.6) is 0 Å². The van der Waals surface area contributed by atoms with E-state index >= 15 is 0 Å². The third-order valence-corrected chi connectivity index (χ3v) is 3.23. The van der Waals surface area contributed by atoms with Crippen molar-refractivity contribution in [3.63, 3.8) is 0 Å². The second-order valence-corrected chi connectivity index (χ2v) is 4.64. The van der Waals surface area contributed by atoms with Crippen LogP contribution in [0.1, 0.15) is 51.3 Å². The maximum Gasteiger partial charge on any atom is 0.0951 e. The molecule has 3 heteroatoms. The lowest BCUT2D eigenvalue weighted by atomic mass is 9.95. The highest BCUT2D eigenvalue weighted by atomic mass is 15.1. The topological polar surface area (TPSA) is 43.8 Å². The maximum atomic E-state index is 6.40. The van der Waals surface area contributed by atoms with E-state index in [-0.39, 0.29) is 5.54 Å². The van der Waals surface area contributed by atoms with Gasteiger partial charge in [0.1, 0.15) is 0 Å². The smallest absolute Gasteiger partial charge is 0.0951 e. The van der Waals surface area contributed by atoms with E-state index in [0.29, 0.717) is 6.04 Å². The van der Waals surface area contributed by atoms with Crippen LogP contribution in [0.15, 0.2) is 12.5 Å². The Labute approximate surface area is 85.3 Å². The number of hydrogen-bond donors (Lipinski definition) is 1. The lowest BCUT2D eigenvalue weighted by molar-refractivity contribution is 0.408. The summed E-state index contributed by atoms with van der Waals surface area (Å²) in [6.07, 6.45) is 8.54. The molecule has 2 rings (SSSR count). The first kappa shape index (κ1) is 9.71. The molecule has 1 aromatic rings. The Morgan fingerprint density at radius 2 is 2.07 bits per heavy atom. The number of imidazole rings is 1. The van der Waals surface area contributed by atoms with Crippen molar-refractivity contribution in [2.24, 2.45) is 5.73 Å². The molecule has 1 aromatic heterocycles. The van der Waals surface area contributed by atoms with Crippen molar-refractivity contribution in [1.29, 1.82) is 0 Å². The Balaban J connectivity index is 2.35. The van der Waals surface area contributed by atoms with E-state index < -0.39 is 0 Å². The highest BCUT2D eigenvalue weighted by Crippen LogP contribution is 2.36. The molecule has 0 unspecified atom stereocenters. The van der Waals surface area contributed by atoms with Crippen LogP contribution in [-0.2, 0) is 5.54 Å². The van der Waals surface area contributed by atoms with Gasteiger partial charge in [-0.15, -0.1) is 0 Å². The van der Waals surface area contributed by atoms with E-state index in [0.717, 1.165) is 12.8 Å². The Morgan fingerprint density at radius 3 is 2.64 bits per heavy atom. The van der Waals surface area contributed by atoms with E-state index in [4.69, 9.17) is 5.73 Å². The molecule has 0 saturated heterocycles. The van der Waals surface area contributed by atoms with Crippen molar-refractivity contribution in [2.75, 3.05) is 0 Å². The van der Waals surface area contributed by atoms with Gasteiger partial charge in [0.15, 0.2) is 0 Å². The minimum Gasteiger partial charge on any atom is -0.330 e. The summed E-state index contributed by atoms with van der Waals surface area (Å²) in [4.78, 5) is 4.22. The van der Waals surface area contributed by atoms with Gasteiger partial charge in [0.05, 0.1) is 23.8 Å². The molecule has 78 valence electrons. The molecule has 1 aliphatic carbocycles. The molecule has 0 bridgehead atoms. The molecule has 1 fully saturated rings. The van der Waals surface area contributed by atoms with E-state index in [9.17, 15) is 0 Å². The summed E-state index contributed by atoms with van der Waals surface area (Å²) < 4.78 is 2.20. The molecule has 0 atom stereocenters. The van der Waals surface area contributed by atoms with Crippen LogP contribution in [-0.4, -0.2) is 9.55 Å². The Morgan fingerprint density at radius 1 is 1.43 bits per heavy atom. The number of hydrogen-bond acceptors (Lipinski definition) is 2. The van der Waals surface area contributed by atoms with E-state index in [2.05, 4.69) is 23.4 Å². The van der Waals surface area contributed by atoms with Crippen LogP contribution in [0, 0.1) is 0 Å². The molecule has 14 heavy (non-hydrogen) atoms. The highest BCUT2D eigenvalue weighted by molar-refractivity contribution is 5.15. The van der Waals surface area contributed by atoms with Crippen molar-refractivity contribution >= 4 is 0 Å². The summed E-state index contributed by atoms with van der Waals surface area (Å²) in [5, 5.41) is 0. The van der Waals surface area contributed by atoms with Gasteiger partial charge in [0.25, 0.3) is 0 Å². The van der Waals surface area contributed by atoms with Crippen LogP contribution in [0.3, 0.4) is 0 Å². The van der Waals surface area contributed by atoms with Crippen LogP contribution in [0.2, 0.25) is 0 Å². The zero-order valence-electron chi connectivity index (χ0n) is 9.03. The van der Waals surface area contributed by atoms with E-state index in [1.165, 1.54) is 18.5 Å². The van der Waals surface area contributed by atoms with Gasteiger partial charge in [-0.25, -0.2) is 4.98 Å². The first-order valence-corrected chi connectivity index (χ1v) is 5.45. The van der Waals surface area contributed by atoms with E-state index in [1.54, 1.807) is 0 Å². The third kappa shape index (κ3) is 1.46. The average Bonchev–Trinajstić information content (AvgIpc) is 2.71. The Hall–Kier alpha value is -0.830. The summed E-state index contributed by atoms with van der Waals surface area (Å²) in [6, 6.07) is 0.452. The number of nitrogens with two attached hydrogens (primary N) is 1. The van der Waals surface area contributed by atoms with Gasteiger partial charge < -0.3 is 10.3 Å². The third-order valence-electron chi connectivity index (χ3n) is 3.23. The zero-order valence-corrected chi connectivity index (χ0v) is 9.03. The standard InChI is InChI=1S/C11H19N3/c1-9(2)14-8-13-7-10(14)11(12)5-3-4-6-11/h7-9H,3-6,12H2,1-2H3. The average molecular weight is 193 g/mol. The summed E-state index contributed by atoms with van der Waals surface area (Å²) in [5.41, 5.74) is 7.51. The molecule has 1 saturated carbocycles. The lowest BCUT2D eigenvalue weighted by Gasteiger charge is -2.26. The largest absolute Gasteiger partial charge is 0.330 e. The monoisotopic (exact) mass is 193 g/mol. The molecular weight excluding hydrogens is 174 g/mol. The summed E-state index contributed by atoms with van der Waals surface area (Å²) >= 11 is 0. The maximum absolute atomic E-state index is 6.40. The Bertz CT molecular complexity index is 308. The molecule has 0 spiro atoms. The zero-order chi connectivity index (χ0) is 10.2. The molecule has 0 aliphatic heterocycles. The fraction of sp³-hybridized carbons (Fsp3) is 0.727. The Kier molecular flexibility index (Phi) is 2.35. The first-order valence-electron chi connectivity index (χ1n) is 5.45. The number of rotatable bonds is 2. The SMILES string of the molecule is CC(C)n1cncc1C1(N)CCCC1. The van der Waals surface area contributed by atoms with E-state index in [1.807, 2.05) is 12.5 Å². The quantitative estimate of drug-likeness (QED) is 0.782. The van der Waals surface area contributed by atoms with Gasteiger partial charge in [-0.2, -0.15) is 0 Å². The molecule has 0 aromatic carbocycles. The van der Waals surface area contributed by atoms with Gasteiger partial charge in [-0.05, 0) is 26.7 Å². The highest BCUT2D eigenvalue weighted by Gasteiger charge is 2.34. The second-order valence-electron chi connectivity index (χ2n) is 4.64. The van der Waals surface area contributed by atoms with Gasteiger partial charge in [-0.1, -0.05) is 12.8 Å². The minimum atomic E-state index is -0.110. The van der Waals surface area contributed by atoms with Gasteiger partial charge in [-0.3, -0.25) is 0 Å². The van der Waals surface area contributed by atoms with Crippen molar-refractivity contribution < 1.29 is 0 Å². The second kappa shape index (κ2) is 3.39. The molecule has 2 N–H and O–H groups in total. The van der Waals surface area contributed by atoms with Crippen molar-refractivity contribution in [1.82, 2.24) is 9.55 Å². The lowest BCUT2D eigenvalue weighted by Crippen LogP contribution is -2.35. The number of nitrogens with zero attached hydrogens (tertiary/aromatic N) is 2. The summed E-state index contributed by atoms with van der Waals surface area (Å²) in [5.74, 6) is 0. The molecule has 1 aliphatic rings. The van der Waals surface area contributed by atoms with Crippen molar-refractivity contribution in [2.45, 2.75) is 51.1 Å². The number of aromatic nitrogens is 2.